The molecule has 3 aliphatic rings. The number of nitrogens with one attached hydrogen (secondary N) is 1. The molecule has 128 valence electrons. The standard InChI is InChI=1S/C19H25N3OS/c23-18(15-4-2-1-3-5-15)21-8-10-22(11-9-21)19(24)20-17-13-14-6-7-16(17)12-14/h1-5,14,16-17H,6-13H2,(H,20,24)/t14-,16+,17+/m0/s1. The number of rotatable bonds is 2. The van der Waals surface area contributed by atoms with Gasteiger partial charge in [0.1, 0.15) is 0 Å². The minimum Gasteiger partial charge on any atom is -0.360 e. The quantitative estimate of drug-likeness (QED) is 0.837. The van der Waals surface area contributed by atoms with Gasteiger partial charge < -0.3 is 15.1 Å². The van der Waals surface area contributed by atoms with E-state index in [0.29, 0.717) is 6.04 Å². The van der Waals surface area contributed by atoms with Gasteiger partial charge in [0.2, 0.25) is 0 Å². The van der Waals surface area contributed by atoms with Crippen LogP contribution in [0.1, 0.15) is 36.0 Å². The van der Waals surface area contributed by atoms with Gasteiger partial charge in [-0.1, -0.05) is 24.6 Å². The second-order valence-electron chi connectivity index (χ2n) is 7.38. The molecule has 3 fully saturated rings. The number of carbonyl (C=O) groups excluding carboxylic acids is 1. The topological polar surface area (TPSA) is 35.6 Å². The van der Waals surface area contributed by atoms with Crippen LogP contribution >= 0.6 is 12.2 Å². The van der Waals surface area contributed by atoms with Crippen LogP contribution in [-0.4, -0.2) is 53.0 Å². The number of piperazine rings is 1. The number of thiocarbonyl (C=S) groups is 1. The molecule has 1 amide bonds. The summed E-state index contributed by atoms with van der Waals surface area (Å²) in [5.74, 6) is 1.88. The van der Waals surface area contributed by atoms with Crippen molar-refractivity contribution < 1.29 is 4.79 Å². The lowest BCUT2D eigenvalue weighted by Gasteiger charge is -2.37. The molecule has 3 atom stereocenters. The number of amides is 1. The highest BCUT2D eigenvalue weighted by Gasteiger charge is 2.40. The van der Waals surface area contributed by atoms with E-state index < -0.39 is 0 Å². The van der Waals surface area contributed by atoms with Gasteiger partial charge in [0.05, 0.1) is 0 Å². The third kappa shape index (κ3) is 3.14. The first-order valence-corrected chi connectivity index (χ1v) is 9.51. The highest BCUT2D eigenvalue weighted by Crippen LogP contribution is 2.44. The van der Waals surface area contributed by atoms with E-state index in [0.717, 1.165) is 48.7 Å². The average Bonchev–Trinajstić information content (AvgIpc) is 3.25. The van der Waals surface area contributed by atoms with Gasteiger partial charge in [0.15, 0.2) is 5.11 Å². The summed E-state index contributed by atoms with van der Waals surface area (Å²) < 4.78 is 0. The molecule has 24 heavy (non-hydrogen) atoms. The number of benzene rings is 1. The third-order valence-electron chi connectivity index (χ3n) is 5.92. The molecule has 4 nitrogen and oxygen atoms in total. The fraction of sp³-hybridized carbons (Fsp3) is 0.579. The Balaban J connectivity index is 1.28. The van der Waals surface area contributed by atoms with Crippen LogP contribution in [0.4, 0.5) is 0 Å². The van der Waals surface area contributed by atoms with Crippen LogP contribution in [0, 0.1) is 11.8 Å². The largest absolute Gasteiger partial charge is 0.360 e. The van der Waals surface area contributed by atoms with E-state index in [4.69, 9.17) is 12.2 Å². The van der Waals surface area contributed by atoms with E-state index in [1.165, 1.54) is 25.7 Å². The predicted octanol–water partition coefficient (Wildman–Crippen LogP) is 2.51. The van der Waals surface area contributed by atoms with Crippen LogP contribution in [0.25, 0.3) is 0 Å². The molecular formula is C19H25N3OS. The van der Waals surface area contributed by atoms with Gasteiger partial charge in [0.25, 0.3) is 5.91 Å². The summed E-state index contributed by atoms with van der Waals surface area (Å²) in [6.07, 6.45) is 5.46. The number of carbonyl (C=O) groups is 1. The van der Waals surface area contributed by atoms with Crippen molar-refractivity contribution in [2.24, 2.45) is 11.8 Å². The van der Waals surface area contributed by atoms with Gasteiger partial charge >= 0.3 is 0 Å². The molecule has 0 radical (unpaired) electrons. The highest BCUT2D eigenvalue weighted by atomic mass is 32.1. The van der Waals surface area contributed by atoms with Gasteiger partial charge in [0, 0.05) is 37.8 Å². The Labute approximate surface area is 149 Å². The van der Waals surface area contributed by atoms with Crippen LogP contribution in [-0.2, 0) is 0 Å². The first-order chi connectivity index (χ1) is 11.7. The fourth-order valence-electron chi connectivity index (χ4n) is 4.55. The van der Waals surface area contributed by atoms with E-state index in [2.05, 4.69) is 10.2 Å². The van der Waals surface area contributed by atoms with Crippen LogP contribution in [0.2, 0.25) is 0 Å². The molecule has 0 spiro atoms. The van der Waals surface area contributed by atoms with E-state index in [1.54, 1.807) is 0 Å². The summed E-state index contributed by atoms with van der Waals surface area (Å²) in [6, 6.07) is 10.1. The zero-order valence-electron chi connectivity index (χ0n) is 14.0. The maximum absolute atomic E-state index is 12.5. The minimum atomic E-state index is 0.127. The van der Waals surface area contributed by atoms with Crippen molar-refractivity contribution in [1.29, 1.82) is 0 Å². The zero-order chi connectivity index (χ0) is 16.5. The Bertz CT molecular complexity index is 612. The van der Waals surface area contributed by atoms with E-state index in [9.17, 15) is 4.79 Å². The van der Waals surface area contributed by atoms with Crippen molar-refractivity contribution in [2.45, 2.75) is 31.7 Å². The van der Waals surface area contributed by atoms with Gasteiger partial charge in [-0.3, -0.25) is 4.79 Å². The lowest BCUT2D eigenvalue weighted by Crippen LogP contribution is -2.55. The van der Waals surface area contributed by atoms with Gasteiger partial charge in [-0.2, -0.15) is 0 Å². The normalized spacial score (nSPS) is 28.9. The van der Waals surface area contributed by atoms with E-state index in [1.807, 2.05) is 35.2 Å². The van der Waals surface area contributed by atoms with Gasteiger partial charge in [-0.15, -0.1) is 0 Å². The number of hydrogen-bond donors (Lipinski definition) is 1. The Morgan fingerprint density at radius 2 is 1.71 bits per heavy atom. The Hall–Kier alpha value is -1.62. The monoisotopic (exact) mass is 343 g/mol. The molecule has 1 N–H and O–H groups in total. The summed E-state index contributed by atoms with van der Waals surface area (Å²) in [7, 11) is 0. The number of fused-ring (bicyclic) bond motifs is 2. The molecule has 1 aliphatic heterocycles. The predicted molar refractivity (Wildman–Crippen MR) is 98.9 cm³/mol. The molecule has 4 rings (SSSR count). The summed E-state index contributed by atoms with van der Waals surface area (Å²) in [5, 5.41) is 4.50. The summed E-state index contributed by atoms with van der Waals surface area (Å²) in [6.45, 7) is 3.13. The van der Waals surface area contributed by atoms with Gasteiger partial charge in [-0.25, -0.2) is 0 Å². The molecule has 1 aromatic carbocycles. The van der Waals surface area contributed by atoms with Crippen molar-refractivity contribution in [1.82, 2.24) is 15.1 Å². The summed E-state index contributed by atoms with van der Waals surface area (Å²) in [5.41, 5.74) is 0.772. The minimum absolute atomic E-state index is 0.127. The van der Waals surface area contributed by atoms with Crippen molar-refractivity contribution in [3.63, 3.8) is 0 Å². The molecule has 1 heterocycles. The molecule has 1 saturated heterocycles. The molecule has 2 bridgehead atoms. The number of hydrogen-bond acceptors (Lipinski definition) is 2. The van der Waals surface area contributed by atoms with Crippen molar-refractivity contribution in [2.75, 3.05) is 26.2 Å². The second kappa shape index (κ2) is 6.71. The van der Waals surface area contributed by atoms with Crippen LogP contribution < -0.4 is 5.32 Å². The maximum atomic E-state index is 12.5. The van der Waals surface area contributed by atoms with Crippen LogP contribution in [0.15, 0.2) is 30.3 Å². The Morgan fingerprint density at radius 1 is 1.00 bits per heavy atom. The molecule has 0 unspecified atom stereocenters. The number of nitrogens with zero attached hydrogens (tertiary/aromatic N) is 2. The van der Waals surface area contributed by atoms with Crippen molar-refractivity contribution >= 4 is 23.2 Å². The Morgan fingerprint density at radius 3 is 2.33 bits per heavy atom. The maximum Gasteiger partial charge on any atom is 0.253 e. The average molecular weight is 343 g/mol. The Kier molecular flexibility index (Phi) is 4.44. The summed E-state index contributed by atoms with van der Waals surface area (Å²) >= 11 is 5.64. The van der Waals surface area contributed by atoms with Crippen molar-refractivity contribution in [3.8, 4) is 0 Å². The summed E-state index contributed by atoms with van der Waals surface area (Å²) in [4.78, 5) is 16.7. The van der Waals surface area contributed by atoms with Crippen LogP contribution in [0.3, 0.4) is 0 Å². The van der Waals surface area contributed by atoms with Crippen LogP contribution in [0.5, 0.6) is 0 Å². The first-order valence-electron chi connectivity index (χ1n) is 9.10. The third-order valence-corrected chi connectivity index (χ3v) is 6.30. The lowest BCUT2D eigenvalue weighted by atomic mass is 9.95. The van der Waals surface area contributed by atoms with E-state index in [-0.39, 0.29) is 5.91 Å². The molecule has 2 aliphatic carbocycles. The second-order valence-corrected chi connectivity index (χ2v) is 7.76. The SMILES string of the molecule is O=C(c1ccccc1)N1CCN(C(=S)N[C@@H]2C[C@H]3CC[C@@H]2C3)CC1. The van der Waals surface area contributed by atoms with Gasteiger partial charge in [-0.05, 0) is 55.4 Å². The first kappa shape index (κ1) is 15.9. The fourth-order valence-corrected chi connectivity index (χ4v) is 4.88. The molecule has 5 heteroatoms. The lowest BCUT2D eigenvalue weighted by molar-refractivity contribution is 0.0690. The van der Waals surface area contributed by atoms with E-state index >= 15 is 0 Å². The smallest absolute Gasteiger partial charge is 0.253 e. The zero-order valence-corrected chi connectivity index (χ0v) is 14.8. The highest BCUT2D eigenvalue weighted by molar-refractivity contribution is 7.80. The molecule has 2 saturated carbocycles. The molecule has 1 aromatic rings. The molecular weight excluding hydrogens is 318 g/mol. The van der Waals surface area contributed by atoms with Crippen molar-refractivity contribution in [3.05, 3.63) is 35.9 Å². The molecule has 0 aromatic heterocycles.